The molecule has 20 heavy (non-hydrogen) atoms. The fourth-order valence-electron chi connectivity index (χ4n) is 4.12. The topological polar surface area (TPSA) is 55.6 Å². The number of amides is 1. The normalized spacial score (nSPS) is 34.8. The molecule has 0 aromatic heterocycles. The molecule has 1 amide bonds. The minimum Gasteiger partial charge on any atom is -0.376 e. The quantitative estimate of drug-likeness (QED) is 0.857. The van der Waals surface area contributed by atoms with Crippen molar-refractivity contribution in [2.45, 2.75) is 76.0 Å². The summed E-state index contributed by atoms with van der Waals surface area (Å²) >= 11 is 0. The molecule has 3 aliphatic rings. The molecule has 0 aromatic rings. The van der Waals surface area contributed by atoms with Crippen molar-refractivity contribution in [1.29, 1.82) is 0 Å². The highest BCUT2D eigenvalue weighted by Crippen LogP contribution is 2.31. The van der Waals surface area contributed by atoms with E-state index in [1.807, 2.05) is 0 Å². The maximum atomic E-state index is 12.9. The molecule has 1 aliphatic heterocycles. The number of rotatable bonds is 4. The van der Waals surface area contributed by atoms with E-state index in [1.54, 1.807) is 0 Å². The van der Waals surface area contributed by atoms with E-state index in [9.17, 15) is 4.79 Å². The van der Waals surface area contributed by atoms with Crippen LogP contribution in [0.1, 0.15) is 57.8 Å². The first-order chi connectivity index (χ1) is 9.74. The Bertz CT molecular complexity index is 335. The molecule has 4 nitrogen and oxygen atoms in total. The molecule has 3 unspecified atom stereocenters. The van der Waals surface area contributed by atoms with Crippen molar-refractivity contribution < 1.29 is 9.53 Å². The van der Waals surface area contributed by atoms with Gasteiger partial charge in [0, 0.05) is 31.2 Å². The van der Waals surface area contributed by atoms with Crippen molar-refractivity contribution >= 4 is 5.91 Å². The van der Waals surface area contributed by atoms with Gasteiger partial charge in [0.15, 0.2) is 0 Å². The molecule has 4 heteroatoms. The number of carbonyl (C=O) groups excluding carboxylic acids is 1. The summed E-state index contributed by atoms with van der Waals surface area (Å²) in [6, 6.07) is 0.695. The van der Waals surface area contributed by atoms with Crippen molar-refractivity contribution in [3.8, 4) is 0 Å². The molecule has 3 rings (SSSR count). The van der Waals surface area contributed by atoms with Gasteiger partial charge in [0.05, 0.1) is 6.10 Å². The van der Waals surface area contributed by atoms with Gasteiger partial charge in [-0.2, -0.15) is 0 Å². The van der Waals surface area contributed by atoms with Gasteiger partial charge in [-0.25, -0.2) is 0 Å². The van der Waals surface area contributed by atoms with Gasteiger partial charge in [0.2, 0.25) is 5.91 Å². The van der Waals surface area contributed by atoms with E-state index < -0.39 is 0 Å². The predicted octanol–water partition coefficient (Wildman–Crippen LogP) is 2.06. The first kappa shape index (κ1) is 14.3. The second-order valence-corrected chi connectivity index (χ2v) is 6.83. The Morgan fingerprint density at radius 2 is 1.90 bits per heavy atom. The number of hydrogen-bond donors (Lipinski definition) is 1. The summed E-state index contributed by atoms with van der Waals surface area (Å²) in [4.78, 5) is 15.1. The lowest BCUT2D eigenvalue weighted by Crippen LogP contribution is -2.46. The standard InChI is InChI=1S/C16H28N2O2/c17-13-8-7-12(10-13)16(19)18(14-4-1-2-5-14)11-15-6-3-9-20-15/h12-15H,1-11,17H2. The van der Waals surface area contributed by atoms with E-state index in [0.29, 0.717) is 11.9 Å². The predicted molar refractivity (Wildman–Crippen MR) is 78.3 cm³/mol. The number of ether oxygens (including phenoxy) is 1. The molecule has 0 bridgehead atoms. The Hall–Kier alpha value is -0.610. The monoisotopic (exact) mass is 280 g/mol. The van der Waals surface area contributed by atoms with E-state index in [4.69, 9.17) is 10.5 Å². The van der Waals surface area contributed by atoms with Crippen LogP contribution in [0.2, 0.25) is 0 Å². The highest BCUT2D eigenvalue weighted by molar-refractivity contribution is 5.79. The Morgan fingerprint density at radius 3 is 2.50 bits per heavy atom. The molecule has 3 fully saturated rings. The maximum Gasteiger partial charge on any atom is 0.226 e. The molecule has 2 aliphatic carbocycles. The average Bonchev–Trinajstić information content (AvgIpc) is 3.17. The van der Waals surface area contributed by atoms with Crippen molar-refractivity contribution in [3.05, 3.63) is 0 Å². The van der Waals surface area contributed by atoms with Crippen LogP contribution in [-0.4, -0.2) is 42.1 Å². The van der Waals surface area contributed by atoms with Gasteiger partial charge < -0.3 is 15.4 Å². The van der Waals surface area contributed by atoms with Gasteiger partial charge in [-0.15, -0.1) is 0 Å². The number of hydrogen-bond acceptors (Lipinski definition) is 3. The second kappa shape index (κ2) is 6.44. The first-order valence-electron chi connectivity index (χ1n) is 8.41. The van der Waals surface area contributed by atoms with Crippen LogP contribution in [0.15, 0.2) is 0 Å². The van der Waals surface area contributed by atoms with E-state index in [0.717, 1.165) is 45.3 Å². The third-order valence-electron chi connectivity index (χ3n) is 5.30. The molecular weight excluding hydrogens is 252 g/mol. The Morgan fingerprint density at radius 1 is 1.10 bits per heavy atom. The van der Waals surface area contributed by atoms with Crippen LogP contribution in [0.25, 0.3) is 0 Å². The smallest absolute Gasteiger partial charge is 0.226 e. The molecule has 0 aromatic carbocycles. The van der Waals surface area contributed by atoms with Crippen molar-refractivity contribution in [3.63, 3.8) is 0 Å². The summed E-state index contributed by atoms with van der Waals surface area (Å²) in [5.74, 6) is 0.535. The van der Waals surface area contributed by atoms with Crippen LogP contribution in [0.5, 0.6) is 0 Å². The lowest BCUT2D eigenvalue weighted by Gasteiger charge is -2.33. The summed E-state index contributed by atoms with van der Waals surface area (Å²) in [6.07, 6.45) is 10.3. The zero-order valence-corrected chi connectivity index (χ0v) is 12.4. The fourth-order valence-corrected chi connectivity index (χ4v) is 4.12. The summed E-state index contributed by atoms with van der Waals surface area (Å²) < 4.78 is 5.76. The van der Waals surface area contributed by atoms with E-state index in [2.05, 4.69) is 4.90 Å². The number of carbonyl (C=O) groups is 1. The maximum absolute atomic E-state index is 12.9. The lowest BCUT2D eigenvalue weighted by molar-refractivity contribution is -0.139. The summed E-state index contributed by atoms with van der Waals surface area (Å²) in [7, 11) is 0. The number of nitrogens with two attached hydrogens (primary N) is 1. The Labute approximate surface area is 122 Å². The average molecular weight is 280 g/mol. The highest BCUT2D eigenvalue weighted by Gasteiger charge is 2.36. The summed E-state index contributed by atoms with van der Waals surface area (Å²) in [5.41, 5.74) is 5.98. The van der Waals surface area contributed by atoms with Crippen LogP contribution in [0.4, 0.5) is 0 Å². The zero-order valence-electron chi connectivity index (χ0n) is 12.4. The minimum absolute atomic E-state index is 0.173. The summed E-state index contributed by atoms with van der Waals surface area (Å²) in [5, 5.41) is 0. The molecular formula is C16H28N2O2. The van der Waals surface area contributed by atoms with Crippen molar-refractivity contribution in [1.82, 2.24) is 4.90 Å². The van der Waals surface area contributed by atoms with Crippen LogP contribution in [0.3, 0.4) is 0 Å². The third-order valence-corrected chi connectivity index (χ3v) is 5.30. The fraction of sp³-hybridized carbons (Fsp3) is 0.938. The van der Waals surface area contributed by atoms with Gasteiger partial charge in [-0.3, -0.25) is 4.79 Å². The molecule has 114 valence electrons. The second-order valence-electron chi connectivity index (χ2n) is 6.83. The van der Waals surface area contributed by atoms with Crippen LogP contribution in [-0.2, 0) is 9.53 Å². The molecule has 0 spiro atoms. The van der Waals surface area contributed by atoms with Gasteiger partial charge in [-0.05, 0) is 44.9 Å². The number of nitrogens with zero attached hydrogens (tertiary/aromatic N) is 1. The van der Waals surface area contributed by atoms with Crippen LogP contribution < -0.4 is 5.73 Å². The van der Waals surface area contributed by atoms with Crippen LogP contribution in [0, 0.1) is 5.92 Å². The zero-order chi connectivity index (χ0) is 13.9. The van der Waals surface area contributed by atoms with Gasteiger partial charge in [0.1, 0.15) is 0 Å². The Kier molecular flexibility index (Phi) is 4.61. The SMILES string of the molecule is NC1CCC(C(=O)N(CC2CCCO2)C2CCCC2)C1. The largest absolute Gasteiger partial charge is 0.376 e. The first-order valence-corrected chi connectivity index (χ1v) is 8.41. The molecule has 2 saturated carbocycles. The van der Waals surface area contributed by atoms with Gasteiger partial charge >= 0.3 is 0 Å². The third kappa shape index (κ3) is 3.17. The van der Waals surface area contributed by atoms with Crippen LogP contribution >= 0.6 is 0 Å². The molecule has 0 radical (unpaired) electrons. The van der Waals surface area contributed by atoms with E-state index >= 15 is 0 Å². The molecule has 1 saturated heterocycles. The highest BCUT2D eigenvalue weighted by atomic mass is 16.5. The minimum atomic E-state index is 0.173. The Balaban J connectivity index is 1.65. The van der Waals surface area contributed by atoms with Crippen molar-refractivity contribution in [2.24, 2.45) is 11.7 Å². The molecule has 3 atom stereocenters. The molecule has 1 heterocycles. The van der Waals surface area contributed by atoms with E-state index in [1.165, 1.54) is 25.7 Å². The summed E-state index contributed by atoms with van der Waals surface area (Å²) in [6.45, 7) is 1.68. The lowest BCUT2D eigenvalue weighted by atomic mass is 10.0. The van der Waals surface area contributed by atoms with Gasteiger partial charge in [-0.1, -0.05) is 12.8 Å². The van der Waals surface area contributed by atoms with Crippen molar-refractivity contribution in [2.75, 3.05) is 13.2 Å². The molecule has 2 N–H and O–H groups in total. The van der Waals surface area contributed by atoms with E-state index in [-0.39, 0.29) is 18.1 Å². The van der Waals surface area contributed by atoms with Gasteiger partial charge in [0.25, 0.3) is 0 Å².